The van der Waals surface area contributed by atoms with Gasteiger partial charge in [-0.2, -0.15) is 0 Å². The highest BCUT2D eigenvalue weighted by molar-refractivity contribution is 5.86. The van der Waals surface area contributed by atoms with E-state index in [1.807, 2.05) is 18.7 Å². The molecule has 0 aromatic rings. The van der Waals surface area contributed by atoms with Crippen LogP contribution in [0, 0.1) is 11.8 Å². The van der Waals surface area contributed by atoms with Crippen LogP contribution in [0.3, 0.4) is 0 Å². The van der Waals surface area contributed by atoms with Crippen LogP contribution in [-0.4, -0.2) is 47.2 Å². The molecule has 1 amide bonds. The number of nitrogens with zero attached hydrogens (tertiary/aromatic N) is 1. The lowest BCUT2D eigenvalue weighted by Gasteiger charge is -2.30. The van der Waals surface area contributed by atoms with E-state index in [1.165, 1.54) is 0 Å². The summed E-state index contributed by atoms with van der Waals surface area (Å²) in [5.74, 6) is -2.04. The quantitative estimate of drug-likeness (QED) is 0.793. The molecule has 2 aliphatic rings. The average molecular weight is 269 g/mol. The van der Waals surface area contributed by atoms with Crippen molar-refractivity contribution in [2.24, 2.45) is 11.8 Å². The van der Waals surface area contributed by atoms with Gasteiger partial charge in [-0.25, -0.2) is 0 Å². The first-order valence-electron chi connectivity index (χ1n) is 7.27. The van der Waals surface area contributed by atoms with Gasteiger partial charge < -0.3 is 14.7 Å². The number of carbonyl (C=O) groups excluding carboxylic acids is 1. The van der Waals surface area contributed by atoms with Gasteiger partial charge in [-0.15, -0.1) is 0 Å². The van der Waals surface area contributed by atoms with Crippen molar-refractivity contribution in [2.45, 2.75) is 51.7 Å². The van der Waals surface area contributed by atoms with E-state index in [1.54, 1.807) is 0 Å². The molecule has 0 aromatic heterocycles. The summed E-state index contributed by atoms with van der Waals surface area (Å²) in [6.45, 7) is 5.46. The van der Waals surface area contributed by atoms with Crippen molar-refractivity contribution in [1.29, 1.82) is 0 Å². The Labute approximate surface area is 113 Å². The number of hydrogen-bond acceptors (Lipinski definition) is 3. The van der Waals surface area contributed by atoms with Gasteiger partial charge in [-0.05, 0) is 25.7 Å². The topological polar surface area (TPSA) is 66.8 Å². The van der Waals surface area contributed by atoms with E-state index in [0.29, 0.717) is 13.1 Å². The van der Waals surface area contributed by atoms with Gasteiger partial charge in [0.1, 0.15) is 0 Å². The van der Waals surface area contributed by atoms with Crippen molar-refractivity contribution in [2.75, 3.05) is 13.1 Å². The summed E-state index contributed by atoms with van der Waals surface area (Å²) in [6.07, 6.45) is 2.93. The zero-order valence-corrected chi connectivity index (χ0v) is 11.7. The first-order valence-corrected chi connectivity index (χ1v) is 7.27. The molecule has 0 radical (unpaired) electrons. The molecule has 2 fully saturated rings. The minimum atomic E-state index is -0.890. The largest absolute Gasteiger partial charge is 0.481 e. The fourth-order valence-electron chi connectivity index (χ4n) is 3.39. The van der Waals surface area contributed by atoms with Crippen molar-refractivity contribution in [1.82, 2.24) is 4.90 Å². The SMILES string of the molecule is CCCN(CCC)C(=O)[C@H]1[C@H](C(=O)O)[C@H]2CC[C@H]1O2. The van der Waals surface area contributed by atoms with E-state index >= 15 is 0 Å². The Hall–Kier alpha value is -1.10. The molecule has 4 atom stereocenters. The maximum atomic E-state index is 12.6. The van der Waals surface area contributed by atoms with Crippen LogP contribution in [0.2, 0.25) is 0 Å². The molecule has 2 rings (SSSR count). The number of rotatable bonds is 6. The molecule has 19 heavy (non-hydrogen) atoms. The third-order valence-electron chi connectivity index (χ3n) is 4.14. The standard InChI is InChI=1S/C14H23NO4/c1-3-7-15(8-4-2)13(16)11-9-5-6-10(19-9)12(11)14(17)18/h9-12H,3-8H2,1-2H3,(H,17,18)/t9-,10-,11-,12-/m1/s1. The maximum Gasteiger partial charge on any atom is 0.310 e. The van der Waals surface area contributed by atoms with E-state index in [2.05, 4.69) is 0 Å². The van der Waals surface area contributed by atoms with E-state index in [0.717, 1.165) is 25.7 Å². The third-order valence-corrected chi connectivity index (χ3v) is 4.14. The molecular formula is C14H23NO4. The number of hydrogen-bond donors (Lipinski definition) is 1. The molecule has 2 aliphatic heterocycles. The molecule has 5 nitrogen and oxygen atoms in total. The lowest BCUT2D eigenvalue weighted by Crippen LogP contribution is -2.46. The molecule has 0 aromatic carbocycles. The highest BCUT2D eigenvalue weighted by Crippen LogP contribution is 2.44. The lowest BCUT2D eigenvalue weighted by atomic mass is 9.78. The summed E-state index contributed by atoms with van der Waals surface area (Å²) in [5, 5.41) is 9.35. The van der Waals surface area contributed by atoms with Gasteiger partial charge in [0.25, 0.3) is 0 Å². The fraction of sp³-hybridized carbons (Fsp3) is 0.857. The van der Waals surface area contributed by atoms with Crippen LogP contribution in [-0.2, 0) is 14.3 Å². The minimum Gasteiger partial charge on any atom is -0.481 e. The fourth-order valence-corrected chi connectivity index (χ4v) is 3.39. The van der Waals surface area contributed by atoms with Crippen molar-refractivity contribution in [3.8, 4) is 0 Å². The number of fused-ring (bicyclic) bond motifs is 2. The van der Waals surface area contributed by atoms with Crippen LogP contribution in [0.5, 0.6) is 0 Å². The first-order chi connectivity index (χ1) is 9.10. The Kier molecular flexibility index (Phi) is 4.45. The van der Waals surface area contributed by atoms with Gasteiger partial charge in [-0.1, -0.05) is 13.8 Å². The maximum absolute atomic E-state index is 12.6. The third kappa shape index (κ3) is 2.61. The van der Waals surface area contributed by atoms with Gasteiger partial charge in [0.05, 0.1) is 24.0 Å². The normalized spacial score (nSPS) is 32.5. The number of amides is 1. The van der Waals surface area contributed by atoms with Gasteiger partial charge in [0.15, 0.2) is 0 Å². The van der Waals surface area contributed by atoms with Crippen LogP contribution in [0.4, 0.5) is 0 Å². The molecule has 108 valence electrons. The van der Waals surface area contributed by atoms with Crippen molar-refractivity contribution < 1.29 is 19.4 Å². The summed E-state index contributed by atoms with van der Waals surface area (Å²) >= 11 is 0. The first kappa shape index (κ1) is 14.3. The second-order valence-electron chi connectivity index (χ2n) is 5.51. The van der Waals surface area contributed by atoms with Gasteiger partial charge >= 0.3 is 5.97 Å². The Balaban J connectivity index is 2.13. The lowest BCUT2D eigenvalue weighted by molar-refractivity contribution is -0.150. The van der Waals surface area contributed by atoms with Crippen molar-refractivity contribution >= 4 is 11.9 Å². The van der Waals surface area contributed by atoms with E-state index in [-0.39, 0.29) is 18.1 Å². The molecule has 0 spiro atoms. The Morgan fingerprint density at radius 1 is 1.11 bits per heavy atom. The van der Waals surface area contributed by atoms with Gasteiger partial charge in [0, 0.05) is 13.1 Å². The Bertz CT molecular complexity index is 351. The highest BCUT2D eigenvalue weighted by Gasteiger charge is 2.56. The van der Waals surface area contributed by atoms with Crippen LogP contribution >= 0.6 is 0 Å². The summed E-state index contributed by atoms with van der Waals surface area (Å²) < 4.78 is 5.66. The zero-order chi connectivity index (χ0) is 14.0. The van der Waals surface area contributed by atoms with E-state index in [9.17, 15) is 14.7 Å². The Morgan fingerprint density at radius 2 is 1.63 bits per heavy atom. The minimum absolute atomic E-state index is 0.0247. The molecule has 2 bridgehead atoms. The summed E-state index contributed by atoms with van der Waals surface area (Å²) in [4.78, 5) is 25.8. The van der Waals surface area contributed by atoms with E-state index in [4.69, 9.17) is 4.74 Å². The van der Waals surface area contributed by atoms with Crippen LogP contribution < -0.4 is 0 Å². The molecular weight excluding hydrogens is 246 g/mol. The molecule has 0 aliphatic carbocycles. The second kappa shape index (κ2) is 5.90. The zero-order valence-electron chi connectivity index (χ0n) is 11.7. The second-order valence-corrected chi connectivity index (χ2v) is 5.51. The summed E-state index contributed by atoms with van der Waals surface area (Å²) in [5.41, 5.74) is 0. The van der Waals surface area contributed by atoms with Crippen molar-refractivity contribution in [3.63, 3.8) is 0 Å². The Morgan fingerprint density at radius 3 is 2.11 bits per heavy atom. The number of ether oxygens (including phenoxy) is 1. The monoisotopic (exact) mass is 269 g/mol. The van der Waals surface area contributed by atoms with E-state index < -0.39 is 17.8 Å². The number of carbonyl (C=O) groups is 2. The molecule has 0 saturated carbocycles. The number of carboxylic acid groups (broad SMARTS) is 1. The van der Waals surface area contributed by atoms with Gasteiger partial charge in [0.2, 0.25) is 5.91 Å². The summed E-state index contributed by atoms with van der Waals surface area (Å²) in [6, 6.07) is 0. The number of carboxylic acids is 1. The molecule has 0 unspecified atom stereocenters. The van der Waals surface area contributed by atoms with Crippen LogP contribution in [0.1, 0.15) is 39.5 Å². The molecule has 2 heterocycles. The average Bonchev–Trinajstić information content (AvgIpc) is 2.97. The summed E-state index contributed by atoms with van der Waals surface area (Å²) in [7, 11) is 0. The van der Waals surface area contributed by atoms with Gasteiger partial charge in [-0.3, -0.25) is 9.59 Å². The van der Waals surface area contributed by atoms with Crippen LogP contribution in [0.25, 0.3) is 0 Å². The van der Waals surface area contributed by atoms with Crippen molar-refractivity contribution in [3.05, 3.63) is 0 Å². The molecule has 2 saturated heterocycles. The number of aliphatic carboxylic acids is 1. The molecule has 5 heteroatoms. The smallest absolute Gasteiger partial charge is 0.310 e. The highest BCUT2D eigenvalue weighted by atomic mass is 16.5. The van der Waals surface area contributed by atoms with Crippen LogP contribution in [0.15, 0.2) is 0 Å². The predicted molar refractivity (Wildman–Crippen MR) is 69.7 cm³/mol. The predicted octanol–water partition coefficient (Wildman–Crippen LogP) is 1.51. The molecule has 1 N–H and O–H groups in total.